The number of rotatable bonds is 1. The molecule has 0 saturated heterocycles. The van der Waals surface area contributed by atoms with Crippen LogP contribution >= 0.6 is 0 Å². The molecule has 0 spiro atoms. The molecule has 0 aliphatic heterocycles. The van der Waals surface area contributed by atoms with Crippen molar-refractivity contribution in [3.05, 3.63) is 17.7 Å². The van der Waals surface area contributed by atoms with E-state index in [1.54, 1.807) is 0 Å². The van der Waals surface area contributed by atoms with Crippen LogP contribution in [-0.2, 0) is 0 Å². The first-order chi connectivity index (χ1) is 5.52. The van der Waals surface area contributed by atoms with Crippen LogP contribution in [0, 0.1) is 0 Å². The molecule has 0 aliphatic carbocycles. The number of carbonyl (C=O) groups is 1. The Balaban J connectivity index is 3.37. The van der Waals surface area contributed by atoms with Gasteiger partial charge in [-0.15, -0.1) is 0 Å². The minimum absolute atomic E-state index is 0.0348. The average molecular weight is 168 g/mol. The van der Waals surface area contributed by atoms with Crippen molar-refractivity contribution in [2.75, 3.05) is 11.5 Å². The van der Waals surface area contributed by atoms with Crippen LogP contribution in [0.1, 0.15) is 10.4 Å². The number of carboxylic acids is 1. The number of anilines is 2. The van der Waals surface area contributed by atoms with Crippen LogP contribution in [0.4, 0.5) is 11.4 Å². The topological polar surface area (TPSA) is 110 Å². The van der Waals surface area contributed by atoms with Crippen LogP contribution in [0.3, 0.4) is 0 Å². The minimum atomic E-state index is -1.26. The second kappa shape index (κ2) is 2.61. The van der Waals surface area contributed by atoms with Crippen molar-refractivity contribution in [1.82, 2.24) is 0 Å². The fourth-order valence-corrected chi connectivity index (χ4v) is 0.843. The molecule has 1 rings (SSSR count). The van der Waals surface area contributed by atoms with Crippen LogP contribution in [0.15, 0.2) is 12.1 Å². The fraction of sp³-hybridized carbons (Fsp3) is 0. The Labute approximate surface area is 68.2 Å². The standard InChI is InChI=1S/C7H8N2O3/c8-3-1-4(7(11)12)6(10)5(9)2-3/h1-2,10H,8-9H2,(H,11,12). The molecule has 0 bridgehead atoms. The zero-order chi connectivity index (χ0) is 9.30. The summed E-state index contributed by atoms with van der Waals surface area (Å²) in [6, 6.07) is 2.44. The molecule has 0 radical (unpaired) electrons. The highest BCUT2D eigenvalue weighted by molar-refractivity contribution is 5.94. The predicted molar refractivity (Wildman–Crippen MR) is 43.9 cm³/mol. The van der Waals surface area contributed by atoms with Gasteiger partial charge in [0.25, 0.3) is 0 Å². The Hall–Kier alpha value is -1.91. The SMILES string of the molecule is Nc1cc(N)c(O)c(C(=O)O)c1. The van der Waals surface area contributed by atoms with Gasteiger partial charge in [0.15, 0.2) is 5.75 Å². The Morgan fingerprint density at radius 3 is 2.42 bits per heavy atom. The van der Waals surface area contributed by atoms with Crippen LogP contribution in [-0.4, -0.2) is 16.2 Å². The van der Waals surface area contributed by atoms with Gasteiger partial charge < -0.3 is 21.7 Å². The van der Waals surface area contributed by atoms with Crippen LogP contribution < -0.4 is 11.5 Å². The number of carboxylic acid groups (broad SMARTS) is 1. The Morgan fingerprint density at radius 2 is 1.92 bits per heavy atom. The first kappa shape index (κ1) is 8.19. The second-order valence-corrected chi connectivity index (χ2v) is 2.31. The van der Waals surface area contributed by atoms with Crippen molar-refractivity contribution in [3.63, 3.8) is 0 Å². The fourth-order valence-electron chi connectivity index (χ4n) is 0.843. The highest BCUT2D eigenvalue weighted by Crippen LogP contribution is 2.27. The molecular weight excluding hydrogens is 160 g/mol. The van der Waals surface area contributed by atoms with Gasteiger partial charge in [0, 0.05) is 5.69 Å². The van der Waals surface area contributed by atoms with Gasteiger partial charge in [0.05, 0.1) is 5.69 Å². The molecule has 0 unspecified atom stereocenters. The summed E-state index contributed by atoms with van der Waals surface area (Å²) in [5.41, 5.74) is 10.5. The molecule has 0 aliphatic rings. The first-order valence-electron chi connectivity index (χ1n) is 3.13. The smallest absolute Gasteiger partial charge is 0.339 e. The Bertz CT molecular complexity index is 336. The largest absolute Gasteiger partial charge is 0.505 e. The Kier molecular flexibility index (Phi) is 1.78. The molecule has 0 atom stereocenters. The summed E-state index contributed by atoms with van der Waals surface area (Å²) >= 11 is 0. The van der Waals surface area contributed by atoms with Crippen LogP contribution in [0.25, 0.3) is 0 Å². The molecular formula is C7H8N2O3. The molecule has 0 amide bonds. The first-order valence-corrected chi connectivity index (χ1v) is 3.13. The van der Waals surface area contributed by atoms with E-state index in [1.165, 1.54) is 6.07 Å². The highest BCUT2D eigenvalue weighted by Gasteiger charge is 2.12. The average Bonchev–Trinajstić information content (AvgIpc) is 1.96. The summed E-state index contributed by atoms with van der Waals surface area (Å²) in [6.07, 6.45) is 0. The highest BCUT2D eigenvalue weighted by atomic mass is 16.4. The monoisotopic (exact) mass is 168 g/mol. The van der Waals surface area contributed by atoms with Crippen LogP contribution in [0.2, 0.25) is 0 Å². The van der Waals surface area contributed by atoms with Gasteiger partial charge in [-0.05, 0) is 12.1 Å². The van der Waals surface area contributed by atoms with E-state index in [2.05, 4.69) is 0 Å². The van der Waals surface area contributed by atoms with E-state index < -0.39 is 11.7 Å². The number of hydrogen-bond acceptors (Lipinski definition) is 4. The minimum Gasteiger partial charge on any atom is -0.505 e. The zero-order valence-corrected chi connectivity index (χ0v) is 6.11. The van der Waals surface area contributed by atoms with Crippen molar-refractivity contribution in [3.8, 4) is 5.75 Å². The number of aromatic hydroxyl groups is 1. The summed E-state index contributed by atoms with van der Waals surface area (Å²) in [6.45, 7) is 0. The van der Waals surface area contributed by atoms with Crippen molar-refractivity contribution in [2.45, 2.75) is 0 Å². The lowest BCUT2D eigenvalue weighted by molar-refractivity contribution is 0.0694. The number of nitrogen functional groups attached to an aromatic ring is 2. The normalized spacial score (nSPS) is 9.67. The molecule has 6 N–H and O–H groups in total. The van der Waals surface area contributed by atoms with Gasteiger partial charge in [-0.25, -0.2) is 4.79 Å². The van der Waals surface area contributed by atoms with E-state index in [4.69, 9.17) is 21.7 Å². The number of hydrogen-bond donors (Lipinski definition) is 4. The van der Waals surface area contributed by atoms with Gasteiger partial charge in [0.1, 0.15) is 5.56 Å². The van der Waals surface area contributed by atoms with Crippen LogP contribution in [0.5, 0.6) is 5.75 Å². The van der Waals surface area contributed by atoms with Gasteiger partial charge in [0.2, 0.25) is 0 Å². The second-order valence-electron chi connectivity index (χ2n) is 2.31. The van der Waals surface area contributed by atoms with E-state index in [9.17, 15) is 4.79 Å². The maximum atomic E-state index is 10.5. The molecule has 1 aromatic carbocycles. The summed E-state index contributed by atoms with van der Waals surface area (Å²) in [5, 5.41) is 17.7. The van der Waals surface area contributed by atoms with Crippen molar-refractivity contribution in [1.29, 1.82) is 0 Å². The number of phenols is 1. The summed E-state index contributed by atoms with van der Waals surface area (Å²) in [4.78, 5) is 10.5. The van der Waals surface area contributed by atoms with Gasteiger partial charge in [-0.3, -0.25) is 0 Å². The summed E-state index contributed by atoms with van der Waals surface area (Å²) < 4.78 is 0. The molecule has 1 aromatic rings. The maximum Gasteiger partial charge on any atom is 0.339 e. The maximum absolute atomic E-state index is 10.5. The Morgan fingerprint density at radius 1 is 1.33 bits per heavy atom. The van der Waals surface area contributed by atoms with Crippen molar-refractivity contribution < 1.29 is 15.0 Å². The van der Waals surface area contributed by atoms with E-state index in [0.717, 1.165) is 6.07 Å². The molecule has 0 heterocycles. The molecule has 0 saturated carbocycles. The third-order valence-corrected chi connectivity index (χ3v) is 1.39. The summed E-state index contributed by atoms with van der Waals surface area (Å²) in [5.74, 6) is -1.71. The zero-order valence-electron chi connectivity index (χ0n) is 6.11. The van der Waals surface area contributed by atoms with E-state index in [1.807, 2.05) is 0 Å². The lowest BCUT2D eigenvalue weighted by Gasteiger charge is -2.03. The van der Waals surface area contributed by atoms with Gasteiger partial charge in [-0.2, -0.15) is 0 Å². The lowest BCUT2D eigenvalue weighted by Crippen LogP contribution is -2.01. The van der Waals surface area contributed by atoms with E-state index in [-0.39, 0.29) is 16.9 Å². The molecule has 64 valence electrons. The number of nitrogens with two attached hydrogens (primary N) is 2. The van der Waals surface area contributed by atoms with Crippen molar-refractivity contribution in [2.24, 2.45) is 0 Å². The molecule has 5 nitrogen and oxygen atoms in total. The molecule has 5 heteroatoms. The lowest BCUT2D eigenvalue weighted by atomic mass is 10.1. The molecule has 12 heavy (non-hydrogen) atoms. The third-order valence-electron chi connectivity index (χ3n) is 1.39. The predicted octanol–water partition coefficient (Wildman–Crippen LogP) is 0.255. The van der Waals surface area contributed by atoms with Gasteiger partial charge in [-0.1, -0.05) is 0 Å². The quantitative estimate of drug-likeness (QED) is 0.273. The van der Waals surface area contributed by atoms with Crippen molar-refractivity contribution >= 4 is 17.3 Å². The molecule has 0 fully saturated rings. The molecule has 0 aromatic heterocycles. The summed E-state index contributed by atoms with van der Waals surface area (Å²) in [7, 11) is 0. The van der Waals surface area contributed by atoms with Gasteiger partial charge >= 0.3 is 5.97 Å². The van der Waals surface area contributed by atoms with E-state index in [0.29, 0.717) is 0 Å². The van der Waals surface area contributed by atoms with E-state index >= 15 is 0 Å². The third kappa shape index (κ3) is 1.24. The number of benzene rings is 1. The number of aromatic carboxylic acids is 1.